The van der Waals surface area contributed by atoms with Gasteiger partial charge in [-0.2, -0.15) is 0 Å². The molecule has 0 spiro atoms. The lowest BCUT2D eigenvalue weighted by molar-refractivity contribution is 0.491. The van der Waals surface area contributed by atoms with Crippen molar-refractivity contribution >= 4 is 6.08 Å². The van der Waals surface area contributed by atoms with E-state index in [-0.39, 0.29) is 5.41 Å². The SMILES string of the molecule is CC(CN)(C/C=C/c1ccccc1)c1ccccc1. The van der Waals surface area contributed by atoms with Crippen LogP contribution in [0.15, 0.2) is 66.7 Å². The highest BCUT2D eigenvalue weighted by molar-refractivity contribution is 5.49. The average Bonchev–Trinajstić information content (AvgIpc) is 2.49. The smallest absolute Gasteiger partial charge is 0.00818 e. The van der Waals surface area contributed by atoms with E-state index in [9.17, 15) is 0 Å². The van der Waals surface area contributed by atoms with Crippen LogP contribution in [0.1, 0.15) is 24.5 Å². The zero-order chi connectivity index (χ0) is 13.6. The molecule has 0 aliphatic rings. The fraction of sp³-hybridized carbons (Fsp3) is 0.222. The summed E-state index contributed by atoms with van der Waals surface area (Å²) in [7, 11) is 0. The van der Waals surface area contributed by atoms with E-state index in [1.165, 1.54) is 11.1 Å². The van der Waals surface area contributed by atoms with Crippen LogP contribution in [0, 0.1) is 0 Å². The highest BCUT2D eigenvalue weighted by Crippen LogP contribution is 2.27. The van der Waals surface area contributed by atoms with E-state index in [1.54, 1.807) is 0 Å². The second kappa shape index (κ2) is 6.35. The number of allylic oxidation sites excluding steroid dienone is 1. The van der Waals surface area contributed by atoms with Crippen LogP contribution in [0.5, 0.6) is 0 Å². The van der Waals surface area contributed by atoms with Gasteiger partial charge in [0, 0.05) is 12.0 Å². The van der Waals surface area contributed by atoms with Crippen molar-refractivity contribution in [1.29, 1.82) is 0 Å². The minimum atomic E-state index is 0.00649. The Kier molecular flexibility index (Phi) is 4.53. The molecule has 0 aliphatic heterocycles. The molecular formula is C18H21N. The zero-order valence-electron chi connectivity index (χ0n) is 11.4. The van der Waals surface area contributed by atoms with Crippen LogP contribution < -0.4 is 5.73 Å². The lowest BCUT2D eigenvalue weighted by Crippen LogP contribution is -2.31. The Bertz CT molecular complexity index is 516. The molecule has 19 heavy (non-hydrogen) atoms. The predicted octanol–water partition coefficient (Wildman–Crippen LogP) is 4.01. The molecule has 1 unspecified atom stereocenters. The molecule has 2 aromatic rings. The molecule has 2 aromatic carbocycles. The van der Waals surface area contributed by atoms with Crippen molar-refractivity contribution in [3.05, 3.63) is 77.9 Å². The fourth-order valence-electron chi connectivity index (χ4n) is 2.18. The van der Waals surface area contributed by atoms with E-state index < -0.39 is 0 Å². The van der Waals surface area contributed by atoms with Crippen molar-refractivity contribution in [1.82, 2.24) is 0 Å². The highest BCUT2D eigenvalue weighted by atomic mass is 14.6. The average molecular weight is 251 g/mol. The van der Waals surface area contributed by atoms with E-state index in [1.807, 2.05) is 12.1 Å². The number of nitrogens with two attached hydrogens (primary N) is 1. The summed E-state index contributed by atoms with van der Waals surface area (Å²) >= 11 is 0. The predicted molar refractivity (Wildman–Crippen MR) is 82.9 cm³/mol. The maximum atomic E-state index is 5.98. The first-order chi connectivity index (χ1) is 9.24. The van der Waals surface area contributed by atoms with Crippen LogP contribution in [-0.4, -0.2) is 6.54 Å². The molecule has 0 fully saturated rings. The summed E-state index contributed by atoms with van der Waals surface area (Å²) < 4.78 is 0. The Labute approximate surface area is 115 Å². The van der Waals surface area contributed by atoms with Crippen LogP contribution in [-0.2, 0) is 5.41 Å². The van der Waals surface area contributed by atoms with Crippen molar-refractivity contribution in [2.45, 2.75) is 18.8 Å². The largest absolute Gasteiger partial charge is 0.330 e. The van der Waals surface area contributed by atoms with Gasteiger partial charge >= 0.3 is 0 Å². The molecule has 0 radical (unpaired) electrons. The monoisotopic (exact) mass is 251 g/mol. The Hall–Kier alpha value is -1.86. The van der Waals surface area contributed by atoms with Crippen LogP contribution in [0.4, 0.5) is 0 Å². The van der Waals surface area contributed by atoms with Crippen LogP contribution >= 0.6 is 0 Å². The molecule has 98 valence electrons. The van der Waals surface area contributed by atoms with Gasteiger partial charge in [0.15, 0.2) is 0 Å². The topological polar surface area (TPSA) is 26.0 Å². The van der Waals surface area contributed by atoms with Crippen LogP contribution in [0.3, 0.4) is 0 Å². The summed E-state index contributed by atoms with van der Waals surface area (Å²) in [5.74, 6) is 0. The second-order valence-corrected chi connectivity index (χ2v) is 5.15. The van der Waals surface area contributed by atoms with Gasteiger partial charge in [-0.05, 0) is 17.5 Å². The number of hydrogen-bond donors (Lipinski definition) is 1. The summed E-state index contributed by atoms with van der Waals surface area (Å²) in [5.41, 5.74) is 8.52. The molecular weight excluding hydrogens is 230 g/mol. The van der Waals surface area contributed by atoms with Crippen molar-refractivity contribution in [2.75, 3.05) is 6.54 Å². The Balaban J connectivity index is 2.10. The summed E-state index contributed by atoms with van der Waals surface area (Å²) in [6, 6.07) is 20.9. The molecule has 0 saturated carbocycles. The lowest BCUT2D eigenvalue weighted by atomic mass is 9.79. The molecule has 0 saturated heterocycles. The molecule has 0 amide bonds. The first-order valence-electron chi connectivity index (χ1n) is 6.72. The first kappa shape index (κ1) is 13.6. The van der Waals surface area contributed by atoms with E-state index in [2.05, 4.69) is 67.6 Å². The molecule has 2 N–H and O–H groups in total. The first-order valence-corrected chi connectivity index (χ1v) is 6.72. The summed E-state index contributed by atoms with van der Waals surface area (Å²) in [5, 5.41) is 0. The van der Waals surface area contributed by atoms with Gasteiger partial charge in [0.05, 0.1) is 0 Å². The minimum absolute atomic E-state index is 0.00649. The molecule has 0 heterocycles. The van der Waals surface area contributed by atoms with Gasteiger partial charge in [-0.3, -0.25) is 0 Å². The molecule has 1 nitrogen and oxygen atoms in total. The molecule has 1 heteroatoms. The normalized spacial score (nSPS) is 14.4. The van der Waals surface area contributed by atoms with Crippen molar-refractivity contribution in [3.63, 3.8) is 0 Å². The third kappa shape index (κ3) is 3.55. The summed E-state index contributed by atoms with van der Waals surface area (Å²) in [6.07, 6.45) is 5.33. The van der Waals surface area contributed by atoms with Crippen molar-refractivity contribution < 1.29 is 0 Å². The van der Waals surface area contributed by atoms with E-state index in [0.29, 0.717) is 6.54 Å². The third-order valence-corrected chi connectivity index (χ3v) is 3.60. The van der Waals surface area contributed by atoms with E-state index in [0.717, 1.165) is 6.42 Å². The van der Waals surface area contributed by atoms with Crippen molar-refractivity contribution in [2.24, 2.45) is 5.73 Å². The molecule has 0 aliphatic carbocycles. The van der Waals surface area contributed by atoms with Gasteiger partial charge in [-0.1, -0.05) is 79.7 Å². The number of rotatable bonds is 5. The third-order valence-electron chi connectivity index (χ3n) is 3.60. The lowest BCUT2D eigenvalue weighted by Gasteiger charge is -2.27. The van der Waals surface area contributed by atoms with Gasteiger partial charge in [-0.25, -0.2) is 0 Å². The Morgan fingerprint density at radius 3 is 2.11 bits per heavy atom. The minimum Gasteiger partial charge on any atom is -0.330 e. The van der Waals surface area contributed by atoms with Gasteiger partial charge < -0.3 is 5.73 Å². The summed E-state index contributed by atoms with van der Waals surface area (Å²) in [6.45, 7) is 2.87. The number of benzene rings is 2. The van der Waals surface area contributed by atoms with Gasteiger partial charge in [-0.15, -0.1) is 0 Å². The molecule has 1 atom stereocenters. The zero-order valence-corrected chi connectivity index (χ0v) is 11.4. The van der Waals surface area contributed by atoms with Gasteiger partial charge in [0.1, 0.15) is 0 Å². The number of hydrogen-bond acceptors (Lipinski definition) is 1. The standard InChI is InChI=1S/C18H21N/c1-18(15-19,17-12-6-3-7-13-17)14-8-11-16-9-4-2-5-10-16/h2-13H,14-15,19H2,1H3/b11-8+. The maximum Gasteiger partial charge on any atom is 0.00818 e. The van der Waals surface area contributed by atoms with E-state index >= 15 is 0 Å². The van der Waals surface area contributed by atoms with Gasteiger partial charge in [0.25, 0.3) is 0 Å². The quantitative estimate of drug-likeness (QED) is 0.853. The van der Waals surface area contributed by atoms with Crippen LogP contribution in [0.2, 0.25) is 0 Å². The Morgan fingerprint density at radius 2 is 1.53 bits per heavy atom. The van der Waals surface area contributed by atoms with Gasteiger partial charge in [0.2, 0.25) is 0 Å². The van der Waals surface area contributed by atoms with Crippen molar-refractivity contribution in [3.8, 4) is 0 Å². The molecule has 0 bridgehead atoms. The van der Waals surface area contributed by atoms with E-state index in [4.69, 9.17) is 5.73 Å². The highest BCUT2D eigenvalue weighted by Gasteiger charge is 2.22. The molecule has 2 rings (SSSR count). The molecule has 0 aromatic heterocycles. The van der Waals surface area contributed by atoms with Crippen LogP contribution in [0.25, 0.3) is 6.08 Å². The maximum absolute atomic E-state index is 5.98. The second-order valence-electron chi connectivity index (χ2n) is 5.15. The Morgan fingerprint density at radius 1 is 0.947 bits per heavy atom. The fourth-order valence-corrected chi connectivity index (χ4v) is 2.18. The summed E-state index contributed by atoms with van der Waals surface area (Å²) in [4.78, 5) is 0.